The lowest BCUT2D eigenvalue weighted by Crippen LogP contribution is -2.47. The van der Waals surface area contributed by atoms with Crippen LogP contribution in [0.2, 0.25) is 0 Å². The second kappa shape index (κ2) is 17.3. The van der Waals surface area contributed by atoms with Crippen LogP contribution in [0.1, 0.15) is 115 Å². The molecule has 0 spiro atoms. The summed E-state index contributed by atoms with van der Waals surface area (Å²) in [7, 11) is -1.94. The first-order chi connectivity index (χ1) is 27.0. The van der Waals surface area contributed by atoms with E-state index in [2.05, 4.69) is 16.0 Å². The molecule has 0 aliphatic carbocycles. The number of imide groups is 1. The maximum atomic E-state index is 15.4. The molecule has 3 saturated heterocycles. The van der Waals surface area contributed by atoms with Crippen LogP contribution >= 0.6 is 0 Å². The molecule has 0 aromatic heterocycles. The Morgan fingerprint density at radius 2 is 1.17 bits per heavy atom. The Bertz CT molecular complexity index is 1910. The molecule has 0 unspecified atom stereocenters. The molecule has 3 heterocycles. The van der Waals surface area contributed by atoms with Crippen LogP contribution in [-0.4, -0.2) is 96.3 Å². The van der Waals surface area contributed by atoms with Gasteiger partial charge in [-0.05, 0) is 98.9 Å². The van der Waals surface area contributed by atoms with Gasteiger partial charge in [0.2, 0.25) is 5.91 Å². The number of amides is 5. The normalized spacial score (nSPS) is 19.6. The topological polar surface area (TPSA) is 188 Å². The van der Waals surface area contributed by atoms with Gasteiger partial charge in [-0.2, -0.15) is 0 Å². The van der Waals surface area contributed by atoms with E-state index in [4.69, 9.17) is 23.5 Å². The third kappa shape index (κ3) is 9.93. The summed E-state index contributed by atoms with van der Waals surface area (Å²) in [6.07, 6.45) is 0.189. The quantitative estimate of drug-likeness (QED) is 0.136. The van der Waals surface area contributed by atoms with Crippen LogP contribution in [0, 0.1) is 11.6 Å². The summed E-state index contributed by atoms with van der Waals surface area (Å²) in [6.45, 7) is 14.6. The first-order valence-corrected chi connectivity index (χ1v) is 19.3. The zero-order valence-electron chi connectivity index (χ0n) is 34.0. The van der Waals surface area contributed by atoms with Gasteiger partial charge in [-0.3, -0.25) is 24.0 Å². The van der Waals surface area contributed by atoms with Crippen molar-refractivity contribution < 1.29 is 61.0 Å². The Kier molecular flexibility index (Phi) is 13.2. The standard InChI is InChI=1S/C39H50B2F2N4O11/c1-36(2)37(3,4)56-40(55-36)25-14-12-23(21-27(25)42)33(51)44-19-10-9-11-29(35(53)45-20-18-32(50)54-47-30(48)16-17-31(47)49)46-34(52)24-13-15-26(28(43)22-24)41-57-38(5,6)39(7,8)58-41/h12-15,21-22,29H,9-11,16-20H2,1-8H3,(H,44,51)(H,45,53)(H,46,52)/t29-/m0/s1. The molecular formula is C39H50B2F2N4O11. The van der Waals surface area contributed by atoms with Gasteiger partial charge in [-0.15, -0.1) is 5.06 Å². The monoisotopic (exact) mass is 810 g/mol. The number of carbonyl (C=O) groups excluding carboxylic acids is 6. The highest BCUT2D eigenvalue weighted by molar-refractivity contribution is 6.62. The SMILES string of the molecule is CC1(C)OB(c2ccc(C(=O)NCCCC[C@H](NC(=O)c3ccc(B4OC(C)(C)C(C)(C)O4)c(F)c3)C(=O)NCCC(=O)ON3C(=O)CCC3=O)cc2F)OC1(C)C. The van der Waals surface area contributed by atoms with Crippen LogP contribution in [0.15, 0.2) is 36.4 Å². The molecule has 5 amide bonds. The molecule has 3 aliphatic heterocycles. The minimum absolute atomic E-state index is 0.0700. The van der Waals surface area contributed by atoms with Crippen LogP contribution < -0.4 is 26.9 Å². The van der Waals surface area contributed by atoms with Gasteiger partial charge in [-0.25, -0.2) is 13.6 Å². The Balaban J connectivity index is 1.17. The molecule has 2 aromatic rings. The van der Waals surface area contributed by atoms with Gasteiger partial charge in [-0.1, -0.05) is 12.1 Å². The van der Waals surface area contributed by atoms with Crippen molar-refractivity contribution in [2.75, 3.05) is 13.1 Å². The first-order valence-electron chi connectivity index (χ1n) is 19.3. The Hall–Kier alpha value is -4.71. The lowest BCUT2D eigenvalue weighted by molar-refractivity contribution is -0.197. The number of nitrogens with zero attached hydrogens (tertiary/aromatic N) is 1. The van der Waals surface area contributed by atoms with Crippen molar-refractivity contribution in [2.45, 2.75) is 122 Å². The molecule has 15 nitrogen and oxygen atoms in total. The van der Waals surface area contributed by atoms with Crippen molar-refractivity contribution in [2.24, 2.45) is 0 Å². The van der Waals surface area contributed by atoms with Gasteiger partial charge in [0.1, 0.15) is 17.7 Å². The fourth-order valence-electron chi connectivity index (χ4n) is 6.16. The van der Waals surface area contributed by atoms with Crippen molar-refractivity contribution in [1.29, 1.82) is 0 Å². The molecule has 2 aromatic carbocycles. The van der Waals surface area contributed by atoms with E-state index in [1.165, 1.54) is 24.3 Å². The highest BCUT2D eigenvalue weighted by Gasteiger charge is 2.53. The van der Waals surface area contributed by atoms with Crippen LogP contribution in [0.4, 0.5) is 8.78 Å². The van der Waals surface area contributed by atoms with Crippen molar-refractivity contribution in [1.82, 2.24) is 21.0 Å². The van der Waals surface area contributed by atoms with Crippen molar-refractivity contribution >= 4 is 60.7 Å². The van der Waals surface area contributed by atoms with Gasteiger partial charge in [0.05, 0.1) is 28.8 Å². The molecular weight excluding hydrogens is 760 g/mol. The van der Waals surface area contributed by atoms with Gasteiger partial charge in [0.15, 0.2) is 0 Å². The highest BCUT2D eigenvalue weighted by atomic mass is 19.1. The number of unbranched alkanes of at least 4 members (excludes halogenated alkanes) is 1. The summed E-state index contributed by atoms with van der Waals surface area (Å²) in [6, 6.07) is 6.63. The van der Waals surface area contributed by atoms with Gasteiger partial charge >= 0.3 is 20.2 Å². The van der Waals surface area contributed by atoms with E-state index < -0.39 is 89.8 Å². The number of rotatable bonds is 15. The van der Waals surface area contributed by atoms with E-state index in [1.807, 2.05) is 55.4 Å². The molecule has 0 radical (unpaired) electrons. The molecule has 3 N–H and O–H groups in total. The molecule has 3 fully saturated rings. The molecule has 58 heavy (non-hydrogen) atoms. The largest absolute Gasteiger partial charge is 0.497 e. The maximum absolute atomic E-state index is 15.4. The number of halogens is 2. The summed E-state index contributed by atoms with van der Waals surface area (Å²) in [5, 5.41) is 8.26. The fraction of sp³-hybridized carbons (Fsp3) is 0.538. The van der Waals surface area contributed by atoms with Crippen molar-refractivity contribution in [3.63, 3.8) is 0 Å². The molecule has 1 atom stereocenters. The van der Waals surface area contributed by atoms with E-state index in [9.17, 15) is 28.8 Å². The highest BCUT2D eigenvalue weighted by Crippen LogP contribution is 2.37. The fourth-order valence-corrected chi connectivity index (χ4v) is 6.16. The lowest BCUT2D eigenvalue weighted by atomic mass is 9.78. The predicted molar refractivity (Wildman–Crippen MR) is 206 cm³/mol. The Labute approximate surface area is 336 Å². The first kappa shape index (κ1) is 44.4. The molecule has 3 aliphatic rings. The number of nitrogens with one attached hydrogen (secondary N) is 3. The van der Waals surface area contributed by atoms with E-state index in [0.29, 0.717) is 17.9 Å². The summed E-state index contributed by atoms with van der Waals surface area (Å²) >= 11 is 0. The molecule has 19 heteroatoms. The smallest absolute Gasteiger partial charge is 0.399 e. The molecule has 312 valence electrons. The third-order valence-corrected chi connectivity index (χ3v) is 11.2. The minimum Gasteiger partial charge on any atom is -0.399 e. The van der Waals surface area contributed by atoms with Gasteiger partial charge in [0, 0.05) is 48.0 Å². The summed E-state index contributed by atoms with van der Waals surface area (Å²) in [4.78, 5) is 80.2. The number of carbonyl (C=O) groups is 6. The van der Waals surface area contributed by atoms with E-state index in [1.54, 1.807) is 0 Å². The van der Waals surface area contributed by atoms with E-state index in [0.717, 1.165) is 12.1 Å². The Morgan fingerprint density at radius 3 is 1.64 bits per heavy atom. The molecule has 0 saturated carbocycles. The average molecular weight is 810 g/mol. The minimum atomic E-state index is -1.16. The van der Waals surface area contributed by atoms with E-state index in [-0.39, 0.29) is 60.8 Å². The zero-order valence-corrected chi connectivity index (χ0v) is 34.0. The maximum Gasteiger partial charge on any atom is 0.497 e. The summed E-state index contributed by atoms with van der Waals surface area (Å²) < 4.78 is 54.2. The lowest BCUT2D eigenvalue weighted by Gasteiger charge is -2.32. The predicted octanol–water partition coefficient (Wildman–Crippen LogP) is 2.38. The van der Waals surface area contributed by atoms with Crippen LogP contribution in [0.3, 0.4) is 0 Å². The number of hydrogen-bond acceptors (Lipinski definition) is 11. The van der Waals surface area contributed by atoms with Crippen LogP contribution in [0.25, 0.3) is 0 Å². The van der Waals surface area contributed by atoms with Gasteiger partial charge in [0.25, 0.3) is 23.6 Å². The van der Waals surface area contributed by atoms with Crippen molar-refractivity contribution in [3.8, 4) is 0 Å². The summed E-state index contributed by atoms with van der Waals surface area (Å²) in [5.41, 5.74) is -2.52. The van der Waals surface area contributed by atoms with Crippen LogP contribution in [-0.2, 0) is 42.6 Å². The van der Waals surface area contributed by atoms with Crippen molar-refractivity contribution in [3.05, 3.63) is 59.2 Å². The number of hydrogen-bond donors (Lipinski definition) is 3. The second-order valence-electron chi connectivity index (χ2n) is 16.5. The number of hydroxylamine groups is 2. The third-order valence-electron chi connectivity index (χ3n) is 11.2. The van der Waals surface area contributed by atoms with Crippen LogP contribution in [0.5, 0.6) is 0 Å². The molecule has 5 rings (SSSR count). The Morgan fingerprint density at radius 1 is 0.707 bits per heavy atom. The molecule has 0 bridgehead atoms. The number of benzene rings is 2. The summed E-state index contributed by atoms with van der Waals surface area (Å²) in [5.74, 6) is -5.61. The van der Waals surface area contributed by atoms with Gasteiger partial charge < -0.3 is 39.4 Å². The average Bonchev–Trinajstić information content (AvgIpc) is 3.65. The zero-order chi connectivity index (χ0) is 42.8. The second-order valence-corrected chi connectivity index (χ2v) is 16.5. The van der Waals surface area contributed by atoms with E-state index >= 15 is 8.78 Å².